The number of halogens is 1. The van der Waals surface area contributed by atoms with Crippen molar-refractivity contribution in [1.29, 1.82) is 5.26 Å². The van der Waals surface area contributed by atoms with Gasteiger partial charge in [-0.15, -0.1) is 12.4 Å². The van der Waals surface area contributed by atoms with Crippen molar-refractivity contribution in [2.75, 3.05) is 18.8 Å². The molecular weight excluding hydrogens is 270 g/mol. The zero-order valence-corrected chi connectivity index (χ0v) is 11.6. The lowest BCUT2D eigenvalue weighted by molar-refractivity contribution is 0.405. The Morgan fingerprint density at radius 1 is 1.50 bits per heavy atom. The lowest BCUT2D eigenvalue weighted by Crippen LogP contribution is -2.30. The summed E-state index contributed by atoms with van der Waals surface area (Å²) in [7, 11) is -1.15. The Morgan fingerprint density at radius 3 is 2.89 bits per heavy atom. The van der Waals surface area contributed by atoms with Crippen LogP contribution in [-0.4, -0.2) is 28.0 Å². The summed E-state index contributed by atoms with van der Waals surface area (Å²) in [6.07, 6.45) is 3.71. The number of aromatic nitrogens is 1. The molecule has 1 aliphatic heterocycles. The summed E-state index contributed by atoms with van der Waals surface area (Å²) in [6, 6.07) is 5.41. The maximum Gasteiger partial charge on any atom is 0.144 e. The van der Waals surface area contributed by atoms with E-state index in [-0.39, 0.29) is 12.4 Å². The first-order chi connectivity index (χ1) is 8.31. The van der Waals surface area contributed by atoms with Gasteiger partial charge in [-0.05, 0) is 44.0 Å². The molecule has 1 N–H and O–H groups in total. The standard InChI is InChI=1S/C12H15N3OS.ClH/c13-8-11-2-1-5-15-12(11)17(16)9-10-3-6-14-7-4-10;/h1-2,5,10,14H,3-4,6-7,9H2;1H. The summed E-state index contributed by atoms with van der Waals surface area (Å²) in [4.78, 5) is 4.08. The summed E-state index contributed by atoms with van der Waals surface area (Å²) < 4.78 is 12.2. The van der Waals surface area contributed by atoms with E-state index in [1.54, 1.807) is 18.3 Å². The minimum atomic E-state index is -1.15. The number of rotatable bonds is 3. The smallest absolute Gasteiger partial charge is 0.144 e. The van der Waals surface area contributed by atoms with Crippen LogP contribution in [0, 0.1) is 17.2 Å². The van der Waals surface area contributed by atoms with Crippen LogP contribution in [0.2, 0.25) is 0 Å². The number of pyridine rings is 1. The van der Waals surface area contributed by atoms with Crippen molar-refractivity contribution < 1.29 is 4.21 Å². The minimum Gasteiger partial charge on any atom is -0.317 e. The Kier molecular flexibility index (Phi) is 6.27. The third kappa shape index (κ3) is 3.77. The fourth-order valence-electron chi connectivity index (χ4n) is 2.00. The molecule has 1 saturated heterocycles. The molecule has 4 nitrogen and oxygen atoms in total. The Morgan fingerprint density at radius 2 is 2.22 bits per heavy atom. The summed E-state index contributed by atoms with van der Waals surface area (Å²) in [5.41, 5.74) is 0.430. The second-order valence-electron chi connectivity index (χ2n) is 4.17. The van der Waals surface area contributed by atoms with E-state index in [4.69, 9.17) is 5.26 Å². The van der Waals surface area contributed by atoms with Crippen LogP contribution in [-0.2, 0) is 10.8 Å². The highest BCUT2D eigenvalue weighted by atomic mass is 35.5. The molecule has 2 rings (SSSR count). The van der Waals surface area contributed by atoms with E-state index in [1.807, 2.05) is 6.07 Å². The predicted octanol–water partition coefficient (Wildman–Crippen LogP) is 1.48. The monoisotopic (exact) mass is 285 g/mol. The molecular formula is C12H16ClN3OS. The molecule has 98 valence electrons. The van der Waals surface area contributed by atoms with Crippen LogP contribution in [0.3, 0.4) is 0 Å². The average molecular weight is 286 g/mol. The van der Waals surface area contributed by atoms with Gasteiger partial charge >= 0.3 is 0 Å². The largest absolute Gasteiger partial charge is 0.317 e. The van der Waals surface area contributed by atoms with Gasteiger partial charge in [0.25, 0.3) is 0 Å². The Hall–Kier alpha value is -0.960. The van der Waals surface area contributed by atoms with E-state index < -0.39 is 10.8 Å². The quantitative estimate of drug-likeness (QED) is 0.914. The molecule has 2 heterocycles. The summed E-state index contributed by atoms with van der Waals surface area (Å²) in [5.74, 6) is 1.10. The minimum absolute atomic E-state index is 0. The number of piperidine rings is 1. The summed E-state index contributed by atoms with van der Waals surface area (Å²) in [6.45, 7) is 1.99. The molecule has 1 aliphatic rings. The van der Waals surface area contributed by atoms with Gasteiger partial charge in [0.05, 0.1) is 16.4 Å². The molecule has 1 unspecified atom stereocenters. The van der Waals surface area contributed by atoms with Gasteiger partial charge in [0, 0.05) is 11.9 Å². The normalized spacial score (nSPS) is 17.5. The molecule has 0 amide bonds. The van der Waals surface area contributed by atoms with Gasteiger partial charge in [-0.3, -0.25) is 4.21 Å². The average Bonchev–Trinajstić information content (AvgIpc) is 2.40. The summed E-state index contributed by atoms with van der Waals surface area (Å²) in [5, 5.41) is 12.7. The second-order valence-corrected chi connectivity index (χ2v) is 5.58. The Balaban J connectivity index is 0.00000162. The number of hydrogen-bond donors (Lipinski definition) is 1. The van der Waals surface area contributed by atoms with E-state index in [1.165, 1.54) is 0 Å². The molecule has 18 heavy (non-hydrogen) atoms. The maximum absolute atomic E-state index is 12.2. The lowest BCUT2D eigenvalue weighted by Gasteiger charge is -2.21. The fraction of sp³-hybridized carbons (Fsp3) is 0.500. The zero-order valence-electron chi connectivity index (χ0n) is 9.96. The molecule has 0 saturated carbocycles. The predicted molar refractivity (Wildman–Crippen MR) is 73.1 cm³/mol. The highest BCUT2D eigenvalue weighted by molar-refractivity contribution is 7.85. The van der Waals surface area contributed by atoms with E-state index >= 15 is 0 Å². The van der Waals surface area contributed by atoms with Gasteiger partial charge in [0.15, 0.2) is 0 Å². The van der Waals surface area contributed by atoms with Crippen LogP contribution in [0.25, 0.3) is 0 Å². The van der Waals surface area contributed by atoms with Crippen LogP contribution in [0.15, 0.2) is 23.4 Å². The Bertz CT molecular complexity index is 455. The molecule has 0 aliphatic carbocycles. The van der Waals surface area contributed by atoms with Crippen molar-refractivity contribution in [2.45, 2.75) is 17.9 Å². The van der Waals surface area contributed by atoms with Crippen molar-refractivity contribution in [3.8, 4) is 6.07 Å². The van der Waals surface area contributed by atoms with Crippen molar-refractivity contribution in [2.24, 2.45) is 5.92 Å². The number of nitrogens with one attached hydrogen (secondary N) is 1. The molecule has 0 radical (unpaired) electrons. The van der Waals surface area contributed by atoms with Gasteiger partial charge in [0.1, 0.15) is 11.1 Å². The van der Waals surface area contributed by atoms with Crippen molar-refractivity contribution in [1.82, 2.24) is 10.3 Å². The third-order valence-corrected chi connectivity index (χ3v) is 4.48. The highest BCUT2D eigenvalue weighted by Gasteiger charge is 2.19. The molecule has 1 atom stereocenters. The molecule has 1 aromatic heterocycles. The van der Waals surface area contributed by atoms with Crippen molar-refractivity contribution >= 4 is 23.2 Å². The molecule has 6 heteroatoms. The molecule has 0 spiro atoms. The SMILES string of the molecule is Cl.N#Cc1cccnc1S(=O)CC1CCNCC1. The zero-order chi connectivity index (χ0) is 12.1. The fourth-order valence-corrected chi connectivity index (χ4v) is 3.46. The van der Waals surface area contributed by atoms with Gasteiger partial charge in [0.2, 0.25) is 0 Å². The number of nitrogens with zero attached hydrogens (tertiary/aromatic N) is 2. The van der Waals surface area contributed by atoms with Crippen LogP contribution >= 0.6 is 12.4 Å². The lowest BCUT2D eigenvalue weighted by atomic mass is 10.0. The van der Waals surface area contributed by atoms with E-state index in [9.17, 15) is 4.21 Å². The summed E-state index contributed by atoms with van der Waals surface area (Å²) >= 11 is 0. The highest BCUT2D eigenvalue weighted by Crippen LogP contribution is 2.17. The van der Waals surface area contributed by atoms with Crippen molar-refractivity contribution in [3.63, 3.8) is 0 Å². The van der Waals surface area contributed by atoms with Crippen molar-refractivity contribution in [3.05, 3.63) is 23.9 Å². The first kappa shape index (κ1) is 15.1. The van der Waals surface area contributed by atoms with Crippen LogP contribution in [0.5, 0.6) is 0 Å². The molecule has 0 aromatic carbocycles. The van der Waals surface area contributed by atoms with Crippen LogP contribution in [0.1, 0.15) is 18.4 Å². The second kappa shape index (κ2) is 7.47. The van der Waals surface area contributed by atoms with Crippen LogP contribution in [0.4, 0.5) is 0 Å². The maximum atomic E-state index is 12.2. The van der Waals surface area contributed by atoms with Gasteiger partial charge in [-0.1, -0.05) is 0 Å². The van der Waals surface area contributed by atoms with E-state index in [2.05, 4.69) is 10.3 Å². The van der Waals surface area contributed by atoms with E-state index in [0.29, 0.717) is 22.3 Å². The van der Waals surface area contributed by atoms with Crippen LogP contribution < -0.4 is 5.32 Å². The molecule has 0 bridgehead atoms. The van der Waals surface area contributed by atoms with Gasteiger partial charge in [-0.2, -0.15) is 5.26 Å². The number of hydrogen-bond acceptors (Lipinski definition) is 4. The topological polar surface area (TPSA) is 65.8 Å². The Labute approximate surface area is 116 Å². The first-order valence-electron chi connectivity index (χ1n) is 5.75. The van der Waals surface area contributed by atoms with E-state index in [0.717, 1.165) is 25.9 Å². The van der Waals surface area contributed by atoms with Gasteiger partial charge in [-0.25, -0.2) is 4.98 Å². The first-order valence-corrected chi connectivity index (χ1v) is 7.07. The molecule has 1 fully saturated rings. The molecule has 1 aromatic rings. The number of nitriles is 1. The van der Waals surface area contributed by atoms with Gasteiger partial charge < -0.3 is 5.32 Å². The third-order valence-electron chi connectivity index (χ3n) is 2.95.